The molecule has 0 aliphatic carbocycles. The summed E-state index contributed by atoms with van der Waals surface area (Å²) in [5.74, 6) is -3.61. The van der Waals surface area contributed by atoms with Gasteiger partial charge in [0.25, 0.3) is 0 Å². The van der Waals surface area contributed by atoms with Crippen LogP contribution in [0.25, 0.3) is 0 Å². The highest BCUT2D eigenvalue weighted by Gasteiger charge is 2.67. The summed E-state index contributed by atoms with van der Waals surface area (Å²) in [4.78, 5) is 40.5. The number of rotatable bonds is 3. The number of amides is 2. The molecule has 0 aromatic heterocycles. The zero-order valence-electron chi connectivity index (χ0n) is 16.3. The number of nitrogens with one attached hydrogen (secondary N) is 1. The quantitative estimate of drug-likeness (QED) is 0.637. The van der Waals surface area contributed by atoms with E-state index in [9.17, 15) is 18.8 Å². The molecule has 2 heterocycles. The molecule has 2 saturated heterocycles. The van der Waals surface area contributed by atoms with Gasteiger partial charge in [0.05, 0.1) is 24.6 Å². The van der Waals surface area contributed by atoms with Gasteiger partial charge in [-0.05, 0) is 43.7 Å². The van der Waals surface area contributed by atoms with Crippen molar-refractivity contribution in [2.75, 3.05) is 12.0 Å². The van der Waals surface area contributed by atoms with Crippen molar-refractivity contribution in [2.45, 2.75) is 25.4 Å². The summed E-state index contributed by atoms with van der Waals surface area (Å²) in [7, 11) is 1.24. The summed E-state index contributed by atoms with van der Waals surface area (Å²) in [5, 5.41) is 3.13. The van der Waals surface area contributed by atoms with Gasteiger partial charge in [0.15, 0.2) is 0 Å². The SMILES string of the molecule is COC(=O)[C@]1(C)N[C@H](c2ccc(F)cc2)[C@H]2C(=O)N(c3ccc(C)cc3)C(=O)[C@H]21. The molecule has 2 aliphatic rings. The molecule has 150 valence electrons. The molecule has 0 unspecified atom stereocenters. The molecule has 4 atom stereocenters. The minimum Gasteiger partial charge on any atom is -0.468 e. The number of halogens is 1. The van der Waals surface area contributed by atoms with Crippen LogP contribution in [0.3, 0.4) is 0 Å². The van der Waals surface area contributed by atoms with Crippen LogP contribution < -0.4 is 10.2 Å². The number of imide groups is 1. The van der Waals surface area contributed by atoms with Crippen molar-refractivity contribution in [2.24, 2.45) is 11.8 Å². The van der Waals surface area contributed by atoms with Crippen LogP contribution in [0.5, 0.6) is 0 Å². The number of carbonyl (C=O) groups is 3. The number of fused-ring (bicyclic) bond motifs is 1. The molecule has 2 amide bonds. The first-order valence-electron chi connectivity index (χ1n) is 9.34. The number of ether oxygens (including phenoxy) is 1. The van der Waals surface area contributed by atoms with E-state index in [2.05, 4.69) is 5.32 Å². The number of esters is 1. The lowest BCUT2D eigenvalue weighted by molar-refractivity contribution is -0.151. The third kappa shape index (κ3) is 2.84. The van der Waals surface area contributed by atoms with E-state index in [4.69, 9.17) is 4.74 Å². The Balaban J connectivity index is 1.81. The van der Waals surface area contributed by atoms with Gasteiger partial charge in [0.2, 0.25) is 11.8 Å². The lowest BCUT2D eigenvalue weighted by Crippen LogP contribution is -2.54. The Morgan fingerprint density at radius 3 is 2.28 bits per heavy atom. The summed E-state index contributed by atoms with van der Waals surface area (Å²) in [5.41, 5.74) is 0.703. The number of carbonyl (C=O) groups excluding carboxylic acids is 3. The first-order chi connectivity index (χ1) is 13.8. The smallest absolute Gasteiger partial charge is 0.326 e. The molecule has 7 heteroatoms. The maximum Gasteiger partial charge on any atom is 0.326 e. The highest BCUT2D eigenvalue weighted by atomic mass is 19.1. The van der Waals surface area contributed by atoms with Crippen molar-refractivity contribution in [3.8, 4) is 0 Å². The number of nitrogens with zero attached hydrogens (tertiary/aromatic N) is 1. The molecular formula is C22H21FN2O4. The van der Waals surface area contributed by atoms with E-state index in [-0.39, 0.29) is 0 Å². The Kier molecular flexibility index (Phi) is 4.50. The second kappa shape index (κ2) is 6.77. The van der Waals surface area contributed by atoms with Crippen LogP contribution in [0.1, 0.15) is 24.1 Å². The van der Waals surface area contributed by atoms with Gasteiger partial charge >= 0.3 is 5.97 Å². The Hall–Kier alpha value is -3.06. The van der Waals surface area contributed by atoms with Crippen LogP contribution in [0.15, 0.2) is 48.5 Å². The molecule has 2 aromatic carbocycles. The van der Waals surface area contributed by atoms with Gasteiger partial charge < -0.3 is 4.74 Å². The molecule has 29 heavy (non-hydrogen) atoms. The van der Waals surface area contributed by atoms with Crippen molar-refractivity contribution in [1.29, 1.82) is 0 Å². The Morgan fingerprint density at radius 2 is 1.69 bits per heavy atom. The zero-order valence-corrected chi connectivity index (χ0v) is 16.3. The molecule has 0 spiro atoms. The Morgan fingerprint density at radius 1 is 1.07 bits per heavy atom. The highest BCUT2D eigenvalue weighted by molar-refractivity contribution is 6.24. The lowest BCUT2D eigenvalue weighted by atomic mass is 9.80. The maximum absolute atomic E-state index is 13.4. The predicted octanol–water partition coefficient (Wildman–Crippen LogP) is 2.52. The molecule has 0 radical (unpaired) electrons. The number of methoxy groups -OCH3 is 1. The van der Waals surface area contributed by atoms with Crippen molar-refractivity contribution in [3.05, 3.63) is 65.5 Å². The van der Waals surface area contributed by atoms with E-state index in [0.29, 0.717) is 11.3 Å². The standard InChI is InChI=1S/C22H21FN2O4/c1-12-4-10-15(11-5-12)25-19(26)16-17(20(25)27)22(2,21(28)29-3)24-18(16)13-6-8-14(23)9-7-13/h4-11,16-18,24H,1-3H3/t16-,17-,18+,22+/m0/s1. The number of hydrogen-bond acceptors (Lipinski definition) is 5. The van der Waals surface area contributed by atoms with Gasteiger partial charge in [-0.25, -0.2) is 9.29 Å². The van der Waals surface area contributed by atoms with E-state index < -0.39 is 47.0 Å². The first-order valence-corrected chi connectivity index (χ1v) is 9.34. The summed E-state index contributed by atoms with van der Waals surface area (Å²) < 4.78 is 18.4. The summed E-state index contributed by atoms with van der Waals surface area (Å²) in [6.45, 7) is 3.48. The second-order valence-electron chi connectivity index (χ2n) is 7.72. The van der Waals surface area contributed by atoms with Gasteiger partial charge in [0, 0.05) is 6.04 Å². The van der Waals surface area contributed by atoms with Gasteiger partial charge in [0.1, 0.15) is 11.4 Å². The van der Waals surface area contributed by atoms with Gasteiger partial charge in [-0.2, -0.15) is 0 Å². The lowest BCUT2D eigenvalue weighted by Gasteiger charge is -2.28. The monoisotopic (exact) mass is 396 g/mol. The Labute approximate surface area is 167 Å². The minimum absolute atomic E-state index is 0.390. The first kappa shape index (κ1) is 19.3. The van der Waals surface area contributed by atoms with E-state index >= 15 is 0 Å². The van der Waals surface area contributed by atoms with Crippen LogP contribution >= 0.6 is 0 Å². The zero-order chi connectivity index (χ0) is 20.9. The van der Waals surface area contributed by atoms with Crippen molar-refractivity contribution < 1.29 is 23.5 Å². The molecule has 0 saturated carbocycles. The minimum atomic E-state index is -1.38. The molecule has 2 aromatic rings. The summed E-state index contributed by atoms with van der Waals surface area (Å²) >= 11 is 0. The second-order valence-corrected chi connectivity index (χ2v) is 7.72. The third-order valence-electron chi connectivity index (χ3n) is 5.92. The van der Waals surface area contributed by atoms with Gasteiger partial charge in [-0.15, -0.1) is 0 Å². The molecule has 2 fully saturated rings. The fraction of sp³-hybridized carbons (Fsp3) is 0.318. The van der Waals surface area contributed by atoms with Crippen LogP contribution in [0.4, 0.5) is 10.1 Å². The van der Waals surface area contributed by atoms with Crippen LogP contribution in [-0.2, 0) is 19.1 Å². The molecule has 2 aliphatic heterocycles. The van der Waals surface area contributed by atoms with E-state index in [0.717, 1.165) is 10.5 Å². The third-order valence-corrected chi connectivity index (χ3v) is 5.92. The van der Waals surface area contributed by atoms with E-state index in [1.807, 2.05) is 19.1 Å². The molecular weight excluding hydrogens is 375 g/mol. The fourth-order valence-electron chi connectivity index (χ4n) is 4.44. The molecule has 1 N–H and O–H groups in total. The van der Waals surface area contributed by atoms with Crippen LogP contribution in [0, 0.1) is 24.6 Å². The molecule has 4 rings (SSSR count). The van der Waals surface area contributed by atoms with E-state index in [1.165, 1.54) is 19.2 Å². The predicted molar refractivity (Wildman–Crippen MR) is 103 cm³/mol. The number of anilines is 1. The van der Waals surface area contributed by atoms with Crippen LogP contribution in [-0.4, -0.2) is 30.4 Å². The number of aryl methyl sites for hydroxylation is 1. The van der Waals surface area contributed by atoms with Crippen molar-refractivity contribution in [1.82, 2.24) is 5.32 Å². The summed E-state index contributed by atoms with van der Waals surface area (Å²) in [6.07, 6.45) is 0. The maximum atomic E-state index is 13.4. The number of hydrogen-bond donors (Lipinski definition) is 1. The van der Waals surface area contributed by atoms with Gasteiger partial charge in [-0.1, -0.05) is 29.8 Å². The van der Waals surface area contributed by atoms with Crippen molar-refractivity contribution in [3.63, 3.8) is 0 Å². The molecule has 0 bridgehead atoms. The van der Waals surface area contributed by atoms with E-state index in [1.54, 1.807) is 31.2 Å². The molecule has 6 nitrogen and oxygen atoms in total. The van der Waals surface area contributed by atoms with Crippen molar-refractivity contribution >= 4 is 23.5 Å². The number of benzene rings is 2. The van der Waals surface area contributed by atoms with Crippen LogP contribution in [0.2, 0.25) is 0 Å². The average Bonchev–Trinajstić information content (AvgIpc) is 3.17. The topological polar surface area (TPSA) is 75.7 Å². The highest BCUT2D eigenvalue weighted by Crippen LogP contribution is 2.49. The summed E-state index contributed by atoms with van der Waals surface area (Å²) in [6, 6.07) is 12.1. The average molecular weight is 396 g/mol. The largest absolute Gasteiger partial charge is 0.468 e. The normalized spacial score (nSPS) is 28.6. The fourth-order valence-corrected chi connectivity index (χ4v) is 4.44. The van der Waals surface area contributed by atoms with Gasteiger partial charge in [-0.3, -0.25) is 19.7 Å². The Bertz CT molecular complexity index is 989.